The number of halogens is 4. The van der Waals surface area contributed by atoms with Crippen molar-refractivity contribution in [1.82, 2.24) is 0 Å². The van der Waals surface area contributed by atoms with Gasteiger partial charge in [0.15, 0.2) is 0 Å². The second kappa shape index (κ2) is 9.46. The monoisotopic (exact) mass is 522 g/mol. The minimum Gasteiger partial charge on any atom is -0.203 e. The summed E-state index contributed by atoms with van der Waals surface area (Å²) in [6.07, 6.45) is -4.59. The molecule has 0 spiro atoms. The molecule has 0 aliphatic rings. The molecule has 3 nitrogen and oxygen atoms in total. The van der Waals surface area contributed by atoms with Crippen LogP contribution < -0.4 is 0 Å². The van der Waals surface area contributed by atoms with Gasteiger partial charge in [0, 0.05) is 19.7 Å². The van der Waals surface area contributed by atoms with Crippen LogP contribution in [0.4, 0.5) is 13.2 Å². The molecular weight excluding hydrogens is 505 g/mol. The van der Waals surface area contributed by atoms with Crippen LogP contribution in [0, 0.1) is 0 Å². The van der Waals surface area contributed by atoms with Crippen LogP contribution in [0.15, 0.2) is 129 Å². The maximum Gasteiger partial charge on any atom is 0.416 e. The normalized spacial score (nSPS) is 12.9. The van der Waals surface area contributed by atoms with Gasteiger partial charge < -0.3 is 0 Å². The van der Waals surface area contributed by atoms with Crippen LogP contribution in [0.1, 0.15) is 5.56 Å². The fraction of sp³-hybridized carbons (Fsp3) is 0.0400. The Morgan fingerprint density at radius 2 is 1.00 bits per heavy atom. The highest BCUT2D eigenvalue weighted by molar-refractivity contribution is 8.33. The Hall–Kier alpha value is -2.78. The van der Waals surface area contributed by atoms with Gasteiger partial charge in [-0.3, -0.25) is 0 Å². The summed E-state index contributed by atoms with van der Waals surface area (Å²) in [7, 11) is -7.36. The molecule has 0 atom stereocenters. The van der Waals surface area contributed by atoms with E-state index < -0.39 is 32.2 Å². The summed E-state index contributed by atoms with van der Waals surface area (Å²) in [4.78, 5) is 1.38. The Morgan fingerprint density at radius 3 is 1.44 bits per heavy atom. The van der Waals surface area contributed by atoms with Crippen molar-refractivity contribution in [2.45, 2.75) is 25.8 Å². The maximum absolute atomic E-state index is 13.5. The summed E-state index contributed by atoms with van der Waals surface area (Å²) in [5, 5.41) is 0.462. The van der Waals surface area contributed by atoms with Gasteiger partial charge in [-0.1, -0.05) is 48.0 Å². The van der Waals surface area contributed by atoms with E-state index in [2.05, 4.69) is 0 Å². The molecule has 0 amide bonds. The first-order valence-corrected chi connectivity index (χ1v) is 13.3. The lowest BCUT2D eigenvalue weighted by Gasteiger charge is -2.39. The van der Waals surface area contributed by atoms with E-state index in [9.17, 15) is 21.6 Å². The molecule has 0 saturated carbocycles. The van der Waals surface area contributed by atoms with E-state index >= 15 is 0 Å². The highest BCUT2D eigenvalue weighted by atomic mass is 35.5. The number of hydrogen-bond donors (Lipinski definition) is 0. The molecule has 176 valence electrons. The second-order valence-corrected chi connectivity index (χ2v) is 12.1. The lowest BCUT2D eigenvalue weighted by Crippen LogP contribution is -2.15. The zero-order chi connectivity index (χ0) is 24.4. The molecule has 0 unspecified atom stereocenters. The lowest BCUT2D eigenvalue weighted by molar-refractivity contribution is -0.137. The Kier molecular flexibility index (Phi) is 6.78. The third-order valence-corrected chi connectivity index (χ3v) is 10.4. The van der Waals surface area contributed by atoms with Gasteiger partial charge in [-0.15, -0.1) is 0 Å². The van der Waals surface area contributed by atoms with Gasteiger partial charge in [-0.05, 0) is 83.1 Å². The van der Waals surface area contributed by atoms with E-state index in [1.165, 1.54) is 0 Å². The summed E-state index contributed by atoms with van der Waals surface area (Å²) in [5.41, 5.74) is -0.950. The van der Waals surface area contributed by atoms with Crippen LogP contribution in [0.5, 0.6) is 0 Å². The first-order valence-electron chi connectivity index (χ1n) is 9.95. The van der Waals surface area contributed by atoms with Gasteiger partial charge in [0.25, 0.3) is 0 Å². The molecule has 0 heterocycles. The van der Waals surface area contributed by atoms with Crippen molar-refractivity contribution < 1.29 is 25.2 Å². The minimum absolute atomic E-state index is 0.377. The summed E-state index contributed by atoms with van der Waals surface area (Å²) in [5.74, 6) is 0. The highest BCUT2D eigenvalue weighted by Gasteiger charge is 2.38. The number of benzene rings is 4. The van der Waals surface area contributed by atoms with Crippen LogP contribution in [0.3, 0.4) is 0 Å². The van der Waals surface area contributed by atoms with Gasteiger partial charge in [0.2, 0.25) is 0 Å². The van der Waals surface area contributed by atoms with Gasteiger partial charge in [-0.2, -0.15) is 21.6 Å². The van der Waals surface area contributed by atoms with Crippen LogP contribution in [0.25, 0.3) is 0 Å². The topological polar surface area (TPSA) is 43.4 Å². The van der Waals surface area contributed by atoms with E-state index in [4.69, 9.17) is 15.2 Å². The summed E-state index contributed by atoms with van der Waals surface area (Å²) < 4.78 is 72.0. The fourth-order valence-corrected chi connectivity index (χ4v) is 8.70. The average Bonchev–Trinajstić information content (AvgIpc) is 2.84. The zero-order valence-electron chi connectivity index (χ0n) is 17.4. The molecule has 0 aromatic heterocycles. The Morgan fingerprint density at radius 1 is 0.588 bits per heavy atom. The van der Waals surface area contributed by atoms with Crippen molar-refractivity contribution in [2.75, 3.05) is 0 Å². The third kappa shape index (κ3) is 4.86. The fourth-order valence-electron chi connectivity index (χ4n) is 3.36. The van der Waals surface area contributed by atoms with E-state index in [0.29, 0.717) is 19.7 Å². The lowest BCUT2D eigenvalue weighted by atomic mass is 10.2. The largest absolute Gasteiger partial charge is 0.416 e. The van der Waals surface area contributed by atoms with Gasteiger partial charge in [0.05, 0.1) is 10.5 Å². The van der Waals surface area contributed by atoms with E-state index in [0.717, 1.165) is 24.3 Å². The van der Waals surface area contributed by atoms with Crippen molar-refractivity contribution in [3.63, 3.8) is 0 Å². The summed E-state index contributed by atoms with van der Waals surface area (Å²) >= 11 is 6.09. The molecule has 9 heteroatoms. The molecule has 0 saturated heterocycles. The first kappa shape index (κ1) is 24.3. The summed E-state index contributed by atoms with van der Waals surface area (Å²) in [6, 6.07) is 27.6. The Bertz CT molecular complexity index is 1320. The quantitative estimate of drug-likeness (QED) is 0.258. The predicted octanol–water partition coefficient (Wildman–Crippen LogP) is 7.96. The second-order valence-electron chi connectivity index (χ2n) is 7.18. The van der Waals surface area contributed by atoms with Crippen molar-refractivity contribution in [2.24, 2.45) is 0 Å². The summed E-state index contributed by atoms with van der Waals surface area (Å²) in [6.45, 7) is 0. The van der Waals surface area contributed by atoms with Crippen LogP contribution >= 0.6 is 21.9 Å². The first-order chi connectivity index (χ1) is 16.1. The number of alkyl halides is 3. The van der Waals surface area contributed by atoms with Crippen molar-refractivity contribution in [1.29, 1.82) is 0 Å². The molecule has 34 heavy (non-hydrogen) atoms. The molecule has 0 radical (unpaired) electrons. The SMILES string of the molecule is O=S(=O)(OS(c1ccccc1)(c1ccccc1)c1ccc(Cl)cc1)c1ccc(C(F)(F)F)cc1. The predicted molar refractivity (Wildman–Crippen MR) is 126 cm³/mol. The van der Waals surface area contributed by atoms with Gasteiger partial charge in [-0.25, -0.2) is 3.63 Å². The highest BCUT2D eigenvalue weighted by Crippen LogP contribution is 2.70. The molecule has 0 bridgehead atoms. The van der Waals surface area contributed by atoms with E-state index in [1.54, 1.807) is 84.9 Å². The van der Waals surface area contributed by atoms with Crippen molar-refractivity contribution in [3.05, 3.63) is 120 Å². The van der Waals surface area contributed by atoms with E-state index in [-0.39, 0.29) is 4.90 Å². The average molecular weight is 523 g/mol. The van der Waals surface area contributed by atoms with Crippen LogP contribution in [-0.2, 0) is 19.9 Å². The van der Waals surface area contributed by atoms with Crippen LogP contribution in [-0.4, -0.2) is 8.42 Å². The van der Waals surface area contributed by atoms with Gasteiger partial charge in [0.1, 0.15) is 0 Å². The number of hydrogen-bond acceptors (Lipinski definition) is 3. The standard InChI is InChI=1S/C25H18ClF3O3S2/c26-20-13-17-23(18-14-20)33(21-7-3-1-4-8-21,22-9-5-2-6-10-22)32-34(30,31)24-15-11-19(12-16-24)25(27,28)29/h1-18H. The third-order valence-electron chi connectivity index (χ3n) is 4.96. The van der Waals surface area contributed by atoms with Crippen LogP contribution in [0.2, 0.25) is 5.02 Å². The minimum atomic E-state index is -4.59. The molecular formula is C25H18ClF3O3S2. The molecule has 4 rings (SSSR count). The molecule has 4 aromatic rings. The van der Waals surface area contributed by atoms with Gasteiger partial charge >= 0.3 is 16.3 Å². The number of rotatable bonds is 6. The molecule has 0 fully saturated rings. The molecule has 0 N–H and O–H groups in total. The van der Waals surface area contributed by atoms with Crippen molar-refractivity contribution in [3.8, 4) is 0 Å². The molecule has 4 aromatic carbocycles. The molecule has 0 aliphatic heterocycles. The Balaban J connectivity index is 1.93. The van der Waals surface area contributed by atoms with E-state index in [1.807, 2.05) is 0 Å². The van der Waals surface area contributed by atoms with Crippen molar-refractivity contribution >= 4 is 32.0 Å². The smallest absolute Gasteiger partial charge is 0.203 e. The molecule has 0 aliphatic carbocycles. The zero-order valence-corrected chi connectivity index (χ0v) is 19.8. The Labute approximate surface area is 202 Å². The maximum atomic E-state index is 13.5.